The molecule has 0 fully saturated rings. The van der Waals surface area contributed by atoms with Crippen molar-refractivity contribution in [3.8, 4) is 0 Å². The second-order valence-electron chi connectivity index (χ2n) is 3.46. The Hall–Kier alpha value is -1.77. The van der Waals surface area contributed by atoms with Gasteiger partial charge in [0.15, 0.2) is 11.6 Å². The molecule has 0 aliphatic rings. The van der Waals surface area contributed by atoms with Crippen molar-refractivity contribution in [3.63, 3.8) is 0 Å². The van der Waals surface area contributed by atoms with Gasteiger partial charge in [-0.15, -0.1) is 0 Å². The van der Waals surface area contributed by atoms with Crippen LogP contribution in [0.4, 0.5) is 10.2 Å². The zero-order valence-corrected chi connectivity index (χ0v) is 10.3. The predicted molar refractivity (Wildman–Crippen MR) is 60.5 cm³/mol. The fourth-order valence-corrected chi connectivity index (χ4v) is 1.52. The van der Waals surface area contributed by atoms with Crippen molar-refractivity contribution in [1.29, 1.82) is 0 Å². The van der Waals surface area contributed by atoms with Gasteiger partial charge in [0.1, 0.15) is 0 Å². The first kappa shape index (κ1) is 13.3. The average Bonchev–Trinajstić information content (AvgIpc) is 2.17. The second-order valence-corrected chi connectivity index (χ2v) is 5.32. The van der Waals surface area contributed by atoms with E-state index in [1.165, 1.54) is 11.2 Å². The van der Waals surface area contributed by atoms with Crippen molar-refractivity contribution >= 4 is 22.2 Å². The van der Waals surface area contributed by atoms with E-state index in [0.29, 0.717) is 6.20 Å². The molecule has 1 rings (SSSR count). The van der Waals surface area contributed by atoms with Gasteiger partial charge < -0.3 is 4.90 Å². The summed E-state index contributed by atoms with van der Waals surface area (Å²) < 4.78 is 35.8. The standard InChI is InChI=1S/C8H11FN4O3S/c1-12(2)5-10-7-6(9)4-13(8(14)11-7)17(3,15)16/h4-5H,1-3H3/b10-5+. The van der Waals surface area contributed by atoms with Gasteiger partial charge in [-0.25, -0.2) is 22.6 Å². The second kappa shape index (κ2) is 4.62. The largest absolute Gasteiger partial charge is 0.369 e. The van der Waals surface area contributed by atoms with E-state index >= 15 is 0 Å². The van der Waals surface area contributed by atoms with Gasteiger partial charge in [0.2, 0.25) is 10.0 Å². The van der Waals surface area contributed by atoms with Crippen LogP contribution >= 0.6 is 0 Å². The summed E-state index contributed by atoms with van der Waals surface area (Å²) in [5.74, 6) is -1.45. The smallest absolute Gasteiger partial charge is 0.363 e. The molecule has 1 aromatic heterocycles. The fraction of sp³-hybridized carbons (Fsp3) is 0.375. The summed E-state index contributed by atoms with van der Waals surface area (Å²) in [6.07, 6.45) is 2.57. The molecule has 0 bridgehead atoms. The molecule has 94 valence electrons. The topological polar surface area (TPSA) is 84.6 Å². The van der Waals surface area contributed by atoms with Gasteiger partial charge in [0, 0.05) is 14.1 Å². The van der Waals surface area contributed by atoms with Crippen LogP contribution in [-0.2, 0) is 10.0 Å². The molecule has 0 spiro atoms. The Labute approximate surface area is 97.3 Å². The van der Waals surface area contributed by atoms with Gasteiger partial charge in [0.05, 0.1) is 18.8 Å². The van der Waals surface area contributed by atoms with E-state index < -0.39 is 27.3 Å². The lowest BCUT2D eigenvalue weighted by molar-refractivity contribution is 0.575. The highest BCUT2D eigenvalue weighted by molar-refractivity contribution is 7.89. The minimum atomic E-state index is -3.86. The highest BCUT2D eigenvalue weighted by Gasteiger charge is 2.13. The first-order chi connectivity index (χ1) is 7.71. The zero-order valence-electron chi connectivity index (χ0n) is 9.45. The maximum absolute atomic E-state index is 13.4. The lowest BCUT2D eigenvalue weighted by Crippen LogP contribution is -2.28. The van der Waals surface area contributed by atoms with Crippen molar-refractivity contribution in [2.24, 2.45) is 4.99 Å². The molecule has 9 heteroatoms. The first-order valence-electron chi connectivity index (χ1n) is 4.42. The Bertz CT molecular complexity index is 606. The third kappa shape index (κ3) is 3.34. The number of hydrogen-bond acceptors (Lipinski definition) is 5. The number of nitrogens with zero attached hydrogens (tertiary/aromatic N) is 4. The minimum Gasteiger partial charge on any atom is -0.369 e. The Kier molecular flexibility index (Phi) is 3.61. The number of hydrogen-bond donors (Lipinski definition) is 0. The van der Waals surface area contributed by atoms with E-state index in [2.05, 4.69) is 9.98 Å². The van der Waals surface area contributed by atoms with Gasteiger partial charge >= 0.3 is 5.69 Å². The third-order valence-corrected chi connectivity index (χ3v) is 2.58. The van der Waals surface area contributed by atoms with Crippen molar-refractivity contribution in [3.05, 3.63) is 22.5 Å². The van der Waals surface area contributed by atoms with Crippen LogP contribution in [0, 0.1) is 5.82 Å². The molecular formula is C8H11FN4O3S. The van der Waals surface area contributed by atoms with Crippen LogP contribution < -0.4 is 5.69 Å². The summed E-state index contributed by atoms with van der Waals surface area (Å²) in [5.41, 5.74) is -1.10. The maximum atomic E-state index is 13.4. The Morgan fingerprint density at radius 2 is 2.12 bits per heavy atom. The van der Waals surface area contributed by atoms with Gasteiger partial charge in [-0.2, -0.15) is 8.96 Å². The molecule has 0 atom stereocenters. The van der Waals surface area contributed by atoms with E-state index in [1.54, 1.807) is 14.1 Å². The third-order valence-electron chi connectivity index (χ3n) is 1.60. The molecule has 0 aliphatic carbocycles. The van der Waals surface area contributed by atoms with Gasteiger partial charge in [0.25, 0.3) is 0 Å². The Morgan fingerprint density at radius 1 is 1.53 bits per heavy atom. The van der Waals surface area contributed by atoms with Crippen LogP contribution in [0.15, 0.2) is 16.0 Å². The molecule has 17 heavy (non-hydrogen) atoms. The van der Waals surface area contributed by atoms with Crippen molar-refractivity contribution < 1.29 is 12.8 Å². The summed E-state index contributed by atoms with van der Waals surface area (Å²) >= 11 is 0. The van der Waals surface area contributed by atoms with Crippen molar-refractivity contribution in [2.45, 2.75) is 0 Å². The molecule has 0 unspecified atom stereocenters. The van der Waals surface area contributed by atoms with Crippen LogP contribution in [0.5, 0.6) is 0 Å². The molecule has 0 N–H and O–H groups in total. The van der Waals surface area contributed by atoms with E-state index in [9.17, 15) is 17.6 Å². The van der Waals surface area contributed by atoms with E-state index in [0.717, 1.165) is 6.26 Å². The van der Waals surface area contributed by atoms with E-state index in [1.807, 2.05) is 0 Å². The molecular weight excluding hydrogens is 251 g/mol. The predicted octanol–water partition coefficient (Wildman–Crippen LogP) is -0.589. The molecule has 1 heterocycles. The average molecular weight is 262 g/mol. The minimum absolute atomic E-state index is 0.219. The Morgan fingerprint density at radius 3 is 2.59 bits per heavy atom. The van der Waals surface area contributed by atoms with Crippen LogP contribution in [-0.4, -0.2) is 49.0 Å². The maximum Gasteiger partial charge on any atom is 0.363 e. The molecule has 0 radical (unpaired) electrons. The lowest BCUT2D eigenvalue weighted by Gasteiger charge is -2.04. The van der Waals surface area contributed by atoms with Crippen LogP contribution in [0.2, 0.25) is 0 Å². The van der Waals surface area contributed by atoms with Gasteiger partial charge in [-0.1, -0.05) is 0 Å². The lowest BCUT2D eigenvalue weighted by atomic mass is 10.6. The van der Waals surface area contributed by atoms with Gasteiger partial charge in [-0.05, 0) is 0 Å². The zero-order chi connectivity index (χ0) is 13.2. The Balaban J connectivity index is 3.34. The number of aliphatic imine (C=N–C) groups is 1. The fourth-order valence-electron chi connectivity index (χ4n) is 0.907. The molecule has 0 saturated heterocycles. The SMILES string of the molecule is CN(C)/C=N/c1nc(=O)n(S(C)(=O)=O)cc1F. The highest BCUT2D eigenvalue weighted by Crippen LogP contribution is 2.10. The summed E-state index contributed by atoms with van der Waals surface area (Å²) in [6.45, 7) is 0. The number of rotatable bonds is 3. The first-order valence-corrected chi connectivity index (χ1v) is 6.27. The molecule has 0 aliphatic heterocycles. The summed E-state index contributed by atoms with van der Waals surface area (Å²) in [7, 11) is -0.561. The van der Waals surface area contributed by atoms with Crippen LogP contribution in [0.1, 0.15) is 0 Å². The molecule has 1 aromatic rings. The number of aromatic nitrogens is 2. The monoisotopic (exact) mass is 262 g/mol. The van der Waals surface area contributed by atoms with E-state index in [-0.39, 0.29) is 3.97 Å². The molecule has 0 saturated carbocycles. The van der Waals surface area contributed by atoms with Crippen LogP contribution in [0.3, 0.4) is 0 Å². The molecule has 0 aromatic carbocycles. The summed E-state index contributed by atoms with van der Waals surface area (Å²) in [5, 5.41) is 0. The van der Waals surface area contributed by atoms with Crippen molar-refractivity contribution in [1.82, 2.24) is 13.9 Å². The number of halogens is 1. The highest BCUT2D eigenvalue weighted by atomic mass is 32.2. The van der Waals surface area contributed by atoms with Crippen molar-refractivity contribution in [2.75, 3.05) is 20.4 Å². The normalized spacial score (nSPS) is 12.0. The van der Waals surface area contributed by atoms with E-state index in [4.69, 9.17) is 0 Å². The summed E-state index contributed by atoms with van der Waals surface area (Å²) in [4.78, 5) is 19.7. The summed E-state index contributed by atoms with van der Waals surface area (Å²) in [6, 6.07) is 0. The quantitative estimate of drug-likeness (QED) is 0.537. The van der Waals surface area contributed by atoms with Gasteiger partial charge in [-0.3, -0.25) is 0 Å². The molecule has 7 nitrogen and oxygen atoms in total. The van der Waals surface area contributed by atoms with Crippen LogP contribution in [0.25, 0.3) is 0 Å². The molecule has 0 amide bonds.